The molecule has 28 heavy (non-hydrogen) atoms. The quantitative estimate of drug-likeness (QED) is 0.729. The summed E-state index contributed by atoms with van der Waals surface area (Å²) in [6, 6.07) is 5.57. The second kappa shape index (κ2) is 8.90. The van der Waals surface area contributed by atoms with E-state index in [0.29, 0.717) is 23.7 Å². The predicted octanol–water partition coefficient (Wildman–Crippen LogP) is 3.87. The molecule has 0 bridgehead atoms. The van der Waals surface area contributed by atoms with E-state index < -0.39 is 6.16 Å². The van der Waals surface area contributed by atoms with Crippen molar-refractivity contribution >= 4 is 28.3 Å². The van der Waals surface area contributed by atoms with Gasteiger partial charge >= 0.3 is 6.16 Å². The zero-order valence-corrected chi connectivity index (χ0v) is 17.5. The summed E-state index contributed by atoms with van der Waals surface area (Å²) in [5.41, 5.74) is 3.21. The average Bonchev–Trinajstić information content (AvgIpc) is 2.94. The van der Waals surface area contributed by atoms with Gasteiger partial charge in [0.2, 0.25) is 0 Å². The summed E-state index contributed by atoms with van der Waals surface area (Å²) < 4.78 is 18.4. The van der Waals surface area contributed by atoms with Crippen LogP contribution in [-0.4, -0.2) is 36.2 Å². The number of nitrogens with one attached hydrogen (secondary N) is 2. The van der Waals surface area contributed by atoms with Crippen LogP contribution in [-0.2, 0) is 25.0 Å². The topological polar surface area (TPSA) is 88.5 Å². The number of benzene rings is 1. The molecule has 6 nitrogen and oxygen atoms in total. The lowest BCUT2D eigenvalue weighted by Crippen LogP contribution is -2.33. The second-order valence-electron chi connectivity index (χ2n) is 7.45. The first kappa shape index (κ1) is 20.6. The molecular formula is C21H28N2O4S. The average molecular weight is 405 g/mol. The summed E-state index contributed by atoms with van der Waals surface area (Å²) in [7, 11) is -0.239. The Morgan fingerprint density at radius 1 is 1.29 bits per heavy atom. The second-order valence-corrected chi connectivity index (χ2v) is 9.25. The Hall–Kier alpha value is -2.15. The third kappa shape index (κ3) is 4.63. The van der Waals surface area contributed by atoms with E-state index in [1.165, 1.54) is 0 Å². The van der Waals surface area contributed by atoms with Crippen LogP contribution in [0.4, 0.5) is 4.79 Å². The molecule has 1 atom stereocenters. The van der Waals surface area contributed by atoms with Gasteiger partial charge in [-0.3, -0.25) is 9.57 Å². The van der Waals surface area contributed by atoms with Gasteiger partial charge in [-0.25, -0.2) is 4.79 Å². The fraction of sp³-hybridized carbons (Fsp3) is 0.524. The molecule has 1 aromatic carbocycles. The van der Waals surface area contributed by atoms with Gasteiger partial charge in [-0.2, -0.15) is 0 Å². The standard InChI is InChI=1S/C21H28N2O4S/c1-4-26-21(25)27-19-17(12-15-7-9-28(22)10-8-15)23-20(24)18(19)16-11-13(2)5-6-14(16)3/h5-6,11,15,17,22H,4,7-10,12H2,1-3H3,(H,23,24). The van der Waals surface area contributed by atoms with E-state index in [4.69, 9.17) is 14.3 Å². The molecule has 2 aliphatic rings. The van der Waals surface area contributed by atoms with Crippen LogP contribution in [0.1, 0.15) is 42.9 Å². The Kier molecular flexibility index (Phi) is 6.54. The van der Waals surface area contributed by atoms with Crippen LogP contribution >= 0.6 is 0 Å². The van der Waals surface area contributed by atoms with Gasteiger partial charge in [-0.15, -0.1) is 10.7 Å². The maximum absolute atomic E-state index is 12.9. The number of amides is 1. The van der Waals surface area contributed by atoms with Crippen molar-refractivity contribution in [3.8, 4) is 0 Å². The molecule has 2 N–H and O–H groups in total. The molecule has 1 saturated heterocycles. The van der Waals surface area contributed by atoms with Crippen molar-refractivity contribution in [3.63, 3.8) is 0 Å². The monoisotopic (exact) mass is 404 g/mol. The van der Waals surface area contributed by atoms with Crippen molar-refractivity contribution in [1.82, 2.24) is 5.32 Å². The first-order valence-electron chi connectivity index (χ1n) is 9.75. The Labute approximate surface area is 168 Å². The highest BCUT2D eigenvalue weighted by atomic mass is 32.2. The van der Waals surface area contributed by atoms with Gasteiger partial charge in [0.25, 0.3) is 5.91 Å². The van der Waals surface area contributed by atoms with Crippen LogP contribution in [0.15, 0.2) is 24.0 Å². The molecule has 152 valence electrons. The maximum Gasteiger partial charge on any atom is 0.513 e. The zero-order chi connectivity index (χ0) is 20.3. The third-order valence-electron chi connectivity index (χ3n) is 5.33. The van der Waals surface area contributed by atoms with Gasteiger partial charge in [0.15, 0.2) is 0 Å². The highest BCUT2D eigenvalue weighted by molar-refractivity contribution is 7.86. The molecule has 0 aromatic heterocycles. The third-order valence-corrected chi connectivity index (χ3v) is 6.78. The normalized spacial score (nSPS) is 24.8. The van der Waals surface area contributed by atoms with Crippen LogP contribution in [0.3, 0.4) is 0 Å². The Bertz CT molecular complexity index is 824. The van der Waals surface area contributed by atoms with Crippen LogP contribution in [0.25, 0.3) is 5.57 Å². The summed E-state index contributed by atoms with van der Waals surface area (Å²) in [4.78, 5) is 24.9. The molecule has 7 heteroatoms. The lowest BCUT2D eigenvalue weighted by Gasteiger charge is -2.26. The molecule has 3 rings (SSSR count). The molecule has 1 amide bonds. The maximum atomic E-state index is 12.9. The minimum atomic E-state index is -0.779. The van der Waals surface area contributed by atoms with Crippen LogP contribution < -0.4 is 5.32 Å². The summed E-state index contributed by atoms with van der Waals surface area (Å²) >= 11 is 0. The fourth-order valence-electron chi connectivity index (χ4n) is 3.80. The van der Waals surface area contributed by atoms with Crippen molar-refractivity contribution in [1.29, 1.82) is 4.78 Å². The molecule has 0 aliphatic carbocycles. The summed E-state index contributed by atoms with van der Waals surface area (Å²) in [5, 5.41) is 3.01. The van der Waals surface area contributed by atoms with Crippen LogP contribution in [0, 0.1) is 24.5 Å². The van der Waals surface area contributed by atoms with Gasteiger partial charge in [-0.05, 0) is 57.1 Å². The van der Waals surface area contributed by atoms with Crippen molar-refractivity contribution in [3.05, 3.63) is 40.6 Å². The number of rotatable bonds is 5. The minimum Gasteiger partial charge on any atom is -0.434 e. The lowest BCUT2D eigenvalue weighted by atomic mass is 9.92. The van der Waals surface area contributed by atoms with E-state index in [0.717, 1.165) is 41.0 Å². The molecule has 2 heterocycles. The number of hydrogen-bond donors (Lipinski definition) is 2. The SMILES string of the molecule is CCOC(=O)OC1=C(c2cc(C)ccc2C)C(=O)NC1CC1CCS(=N)CC1. The van der Waals surface area contributed by atoms with Crippen molar-refractivity contribution < 1.29 is 19.1 Å². The first-order valence-corrected chi connectivity index (χ1v) is 11.3. The summed E-state index contributed by atoms with van der Waals surface area (Å²) in [6.07, 6.45) is 1.89. The smallest absolute Gasteiger partial charge is 0.434 e. The predicted molar refractivity (Wildman–Crippen MR) is 110 cm³/mol. The van der Waals surface area contributed by atoms with Gasteiger partial charge in [-0.1, -0.05) is 23.8 Å². The number of aryl methyl sites for hydroxylation is 2. The number of ether oxygens (including phenoxy) is 2. The molecule has 0 saturated carbocycles. The Morgan fingerprint density at radius 2 is 2.00 bits per heavy atom. The molecule has 0 spiro atoms. The van der Waals surface area contributed by atoms with E-state index in [1.54, 1.807) is 6.92 Å². The Morgan fingerprint density at radius 3 is 2.68 bits per heavy atom. The van der Waals surface area contributed by atoms with Crippen LogP contribution in [0.2, 0.25) is 0 Å². The van der Waals surface area contributed by atoms with E-state index in [2.05, 4.69) is 5.32 Å². The lowest BCUT2D eigenvalue weighted by molar-refractivity contribution is -0.115. The number of hydrogen-bond acceptors (Lipinski definition) is 5. The largest absolute Gasteiger partial charge is 0.513 e. The number of carbonyl (C=O) groups is 2. The fourth-order valence-corrected chi connectivity index (χ4v) is 5.24. The van der Waals surface area contributed by atoms with Gasteiger partial charge in [0.05, 0.1) is 18.2 Å². The van der Waals surface area contributed by atoms with E-state index in [-0.39, 0.29) is 29.2 Å². The minimum absolute atomic E-state index is 0.214. The van der Waals surface area contributed by atoms with Gasteiger partial charge < -0.3 is 14.8 Å². The summed E-state index contributed by atoms with van der Waals surface area (Å²) in [6.45, 7) is 5.85. The van der Waals surface area contributed by atoms with Gasteiger partial charge in [0, 0.05) is 11.5 Å². The van der Waals surface area contributed by atoms with Crippen molar-refractivity contribution in [2.24, 2.45) is 5.92 Å². The molecule has 1 fully saturated rings. The first-order chi connectivity index (χ1) is 13.4. The molecule has 0 radical (unpaired) electrons. The number of carbonyl (C=O) groups excluding carboxylic acids is 2. The van der Waals surface area contributed by atoms with E-state index in [9.17, 15) is 9.59 Å². The zero-order valence-electron chi connectivity index (χ0n) is 16.7. The van der Waals surface area contributed by atoms with E-state index >= 15 is 0 Å². The highest BCUT2D eigenvalue weighted by Crippen LogP contribution is 2.34. The molecular weight excluding hydrogens is 376 g/mol. The molecule has 1 unspecified atom stereocenters. The van der Waals surface area contributed by atoms with Crippen molar-refractivity contribution in [2.75, 3.05) is 18.1 Å². The van der Waals surface area contributed by atoms with Crippen LogP contribution in [0.5, 0.6) is 0 Å². The van der Waals surface area contributed by atoms with Crippen molar-refractivity contribution in [2.45, 2.75) is 46.1 Å². The summed E-state index contributed by atoms with van der Waals surface area (Å²) in [5.74, 6) is 2.39. The van der Waals surface area contributed by atoms with Gasteiger partial charge in [0.1, 0.15) is 5.76 Å². The van der Waals surface area contributed by atoms with E-state index in [1.807, 2.05) is 32.0 Å². The Balaban J connectivity index is 1.94. The molecule has 2 aliphatic heterocycles. The molecule has 1 aromatic rings. The highest BCUT2D eigenvalue weighted by Gasteiger charge is 2.38.